The predicted molar refractivity (Wildman–Crippen MR) is 62.1 cm³/mol. The van der Waals surface area contributed by atoms with Crippen LogP contribution in [0.2, 0.25) is 0 Å². The van der Waals surface area contributed by atoms with E-state index in [4.69, 9.17) is 0 Å². The summed E-state index contributed by atoms with van der Waals surface area (Å²) in [6, 6.07) is 0. The van der Waals surface area contributed by atoms with Crippen LogP contribution in [-0.2, 0) is 4.79 Å². The SMILES string of the molecule is CC(=O)N1CCN(c2nnc(Br)s2)CC1. The quantitative estimate of drug-likeness (QED) is 0.773. The number of carbonyl (C=O) groups excluding carboxylic acids is 1. The summed E-state index contributed by atoms with van der Waals surface area (Å²) in [5, 5.41) is 8.88. The Morgan fingerprint density at radius 3 is 2.47 bits per heavy atom. The van der Waals surface area contributed by atoms with Gasteiger partial charge in [-0.25, -0.2) is 0 Å². The number of rotatable bonds is 1. The number of aromatic nitrogens is 2. The van der Waals surface area contributed by atoms with Gasteiger partial charge < -0.3 is 9.80 Å². The van der Waals surface area contributed by atoms with Gasteiger partial charge in [0.25, 0.3) is 0 Å². The maximum absolute atomic E-state index is 11.1. The number of piperazine rings is 1. The fraction of sp³-hybridized carbons (Fsp3) is 0.625. The maximum Gasteiger partial charge on any atom is 0.219 e. The molecule has 1 aromatic heterocycles. The van der Waals surface area contributed by atoms with Crippen molar-refractivity contribution in [2.24, 2.45) is 0 Å². The molecular weight excluding hydrogens is 280 g/mol. The molecular formula is C8H11BrN4OS. The zero-order chi connectivity index (χ0) is 10.8. The van der Waals surface area contributed by atoms with E-state index in [2.05, 4.69) is 31.0 Å². The lowest BCUT2D eigenvalue weighted by Gasteiger charge is -2.33. The molecule has 0 unspecified atom stereocenters. The first kappa shape index (κ1) is 10.8. The van der Waals surface area contributed by atoms with Gasteiger partial charge >= 0.3 is 0 Å². The van der Waals surface area contributed by atoms with E-state index in [0.717, 1.165) is 35.2 Å². The maximum atomic E-state index is 11.1. The van der Waals surface area contributed by atoms with Crippen LogP contribution in [0.4, 0.5) is 5.13 Å². The second-order valence-electron chi connectivity index (χ2n) is 3.33. The molecule has 5 nitrogen and oxygen atoms in total. The third-order valence-electron chi connectivity index (χ3n) is 2.39. The number of nitrogens with zero attached hydrogens (tertiary/aromatic N) is 4. The lowest BCUT2D eigenvalue weighted by atomic mass is 10.3. The summed E-state index contributed by atoms with van der Waals surface area (Å²) in [5.74, 6) is 0.146. The van der Waals surface area contributed by atoms with Crippen LogP contribution in [-0.4, -0.2) is 47.2 Å². The first-order valence-corrected chi connectivity index (χ1v) is 6.27. The molecule has 0 atom stereocenters. The van der Waals surface area contributed by atoms with Gasteiger partial charge in [-0.1, -0.05) is 11.3 Å². The second-order valence-corrected chi connectivity index (χ2v) is 5.56. The van der Waals surface area contributed by atoms with Crippen LogP contribution in [0.25, 0.3) is 0 Å². The summed E-state index contributed by atoms with van der Waals surface area (Å²) in [4.78, 5) is 15.1. The van der Waals surface area contributed by atoms with Crippen LogP contribution in [0.15, 0.2) is 3.92 Å². The van der Waals surface area contributed by atoms with Crippen molar-refractivity contribution in [1.82, 2.24) is 15.1 Å². The molecule has 0 N–H and O–H groups in total. The van der Waals surface area contributed by atoms with Crippen LogP contribution >= 0.6 is 27.3 Å². The van der Waals surface area contributed by atoms with Crippen molar-refractivity contribution in [3.05, 3.63) is 3.92 Å². The fourth-order valence-corrected chi connectivity index (χ4v) is 2.68. The Morgan fingerprint density at radius 1 is 1.33 bits per heavy atom. The minimum absolute atomic E-state index is 0.146. The lowest BCUT2D eigenvalue weighted by Crippen LogP contribution is -2.48. The monoisotopic (exact) mass is 290 g/mol. The van der Waals surface area contributed by atoms with E-state index < -0.39 is 0 Å². The largest absolute Gasteiger partial charge is 0.343 e. The van der Waals surface area contributed by atoms with Crippen molar-refractivity contribution >= 4 is 38.3 Å². The number of carbonyl (C=O) groups is 1. The Labute approximate surface area is 100 Å². The van der Waals surface area contributed by atoms with Gasteiger partial charge in [0.1, 0.15) is 0 Å². The van der Waals surface area contributed by atoms with E-state index in [-0.39, 0.29) is 5.91 Å². The first-order valence-electron chi connectivity index (χ1n) is 4.66. The van der Waals surface area contributed by atoms with Gasteiger partial charge in [0, 0.05) is 33.1 Å². The molecule has 1 saturated heterocycles. The van der Waals surface area contributed by atoms with Crippen molar-refractivity contribution in [3.63, 3.8) is 0 Å². The molecule has 1 amide bonds. The van der Waals surface area contributed by atoms with E-state index >= 15 is 0 Å². The summed E-state index contributed by atoms with van der Waals surface area (Å²) < 4.78 is 0.798. The Bertz CT molecular complexity index is 361. The zero-order valence-electron chi connectivity index (χ0n) is 8.31. The van der Waals surface area contributed by atoms with E-state index in [1.165, 1.54) is 11.3 Å². The minimum atomic E-state index is 0.146. The van der Waals surface area contributed by atoms with E-state index in [9.17, 15) is 4.79 Å². The van der Waals surface area contributed by atoms with Gasteiger partial charge in [-0.2, -0.15) is 0 Å². The summed E-state index contributed by atoms with van der Waals surface area (Å²) in [5.41, 5.74) is 0. The molecule has 0 radical (unpaired) electrons. The third kappa shape index (κ3) is 2.46. The average Bonchev–Trinajstić information content (AvgIpc) is 2.65. The van der Waals surface area contributed by atoms with Gasteiger partial charge in [0.15, 0.2) is 3.92 Å². The highest BCUT2D eigenvalue weighted by Crippen LogP contribution is 2.24. The van der Waals surface area contributed by atoms with Gasteiger partial charge in [-0.05, 0) is 15.9 Å². The van der Waals surface area contributed by atoms with Crippen LogP contribution in [0, 0.1) is 0 Å². The highest BCUT2D eigenvalue weighted by molar-refractivity contribution is 9.11. The fourth-order valence-electron chi connectivity index (χ4n) is 1.54. The van der Waals surface area contributed by atoms with Gasteiger partial charge in [0.2, 0.25) is 11.0 Å². The van der Waals surface area contributed by atoms with Crippen LogP contribution < -0.4 is 4.90 Å². The second kappa shape index (κ2) is 4.44. The molecule has 0 spiro atoms. The Balaban J connectivity index is 1.96. The van der Waals surface area contributed by atoms with Crippen molar-refractivity contribution in [2.75, 3.05) is 31.1 Å². The summed E-state index contributed by atoms with van der Waals surface area (Å²) in [6.45, 7) is 4.82. The number of hydrogen-bond acceptors (Lipinski definition) is 5. The lowest BCUT2D eigenvalue weighted by molar-refractivity contribution is -0.129. The molecule has 7 heteroatoms. The highest BCUT2D eigenvalue weighted by atomic mass is 79.9. The topological polar surface area (TPSA) is 49.3 Å². The molecule has 0 saturated carbocycles. The number of amides is 1. The number of anilines is 1. The van der Waals surface area contributed by atoms with Crippen LogP contribution in [0.5, 0.6) is 0 Å². The molecule has 0 aromatic carbocycles. The van der Waals surface area contributed by atoms with Crippen LogP contribution in [0.3, 0.4) is 0 Å². The molecule has 2 heterocycles. The molecule has 82 valence electrons. The van der Waals surface area contributed by atoms with Crippen molar-refractivity contribution in [1.29, 1.82) is 0 Å². The molecule has 0 aliphatic carbocycles. The van der Waals surface area contributed by atoms with Gasteiger partial charge in [-0.3, -0.25) is 4.79 Å². The van der Waals surface area contributed by atoms with Crippen molar-refractivity contribution < 1.29 is 4.79 Å². The minimum Gasteiger partial charge on any atom is -0.343 e. The standard InChI is InChI=1S/C8H11BrN4OS/c1-6(14)12-2-4-13(5-3-12)8-11-10-7(9)15-8/h2-5H2,1H3. The van der Waals surface area contributed by atoms with Crippen molar-refractivity contribution in [3.8, 4) is 0 Å². The van der Waals surface area contributed by atoms with Crippen LogP contribution in [0.1, 0.15) is 6.92 Å². The van der Waals surface area contributed by atoms with Gasteiger partial charge in [0.05, 0.1) is 0 Å². The third-order valence-corrected chi connectivity index (χ3v) is 3.80. The molecule has 1 fully saturated rings. The highest BCUT2D eigenvalue weighted by Gasteiger charge is 2.20. The van der Waals surface area contributed by atoms with Gasteiger partial charge in [-0.15, -0.1) is 10.2 Å². The van der Waals surface area contributed by atoms with Crippen molar-refractivity contribution in [2.45, 2.75) is 6.92 Å². The summed E-state index contributed by atoms with van der Waals surface area (Å²) in [6.07, 6.45) is 0. The summed E-state index contributed by atoms with van der Waals surface area (Å²) in [7, 11) is 0. The summed E-state index contributed by atoms with van der Waals surface area (Å²) >= 11 is 4.81. The number of halogens is 1. The van der Waals surface area contributed by atoms with E-state index in [1.807, 2.05) is 4.90 Å². The van der Waals surface area contributed by atoms with E-state index in [0.29, 0.717) is 0 Å². The van der Waals surface area contributed by atoms with E-state index in [1.54, 1.807) is 6.92 Å². The smallest absolute Gasteiger partial charge is 0.219 e. The Kier molecular flexibility index (Phi) is 3.20. The zero-order valence-corrected chi connectivity index (χ0v) is 10.7. The predicted octanol–water partition coefficient (Wildman–Crippen LogP) is 0.969. The Morgan fingerprint density at radius 2 is 2.00 bits per heavy atom. The Hall–Kier alpha value is -0.690. The molecule has 0 bridgehead atoms. The first-order chi connectivity index (χ1) is 7.16. The number of hydrogen-bond donors (Lipinski definition) is 0. The molecule has 2 rings (SSSR count). The molecule has 1 aliphatic rings. The average molecular weight is 291 g/mol. The molecule has 15 heavy (non-hydrogen) atoms. The normalized spacial score (nSPS) is 16.9. The molecule has 1 aliphatic heterocycles. The molecule has 1 aromatic rings.